The summed E-state index contributed by atoms with van der Waals surface area (Å²) in [5.41, 5.74) is 3.03. The number of halogens is 1. The van der Waals surface area contributed by atoms with Gasteiger partial charge in [-0.25, -0.2) is 4.39 Å². The lowest BCUT2D eigenvalue weighted by Crippen LogP contribution is -2.51. The summed E-state index contributed by atoms with van der Waals surface area (Å²) >= 11 is 0. The number of amides is 2. The smallest absolute Gasteiger partial charge is 0.253 e. The summed E-state index contributed by atoms with van der Waals surface area (Å²) in [6, 6.07) is 12.6. The van der Waals surface area contributed by atoms with Crippen molar-refractivity contribution in [3.63, 3.8) is 0 Å². The molecule has 3 aliphatic carbocycles. The summed E-state index contributed by atoms with van der Waals surface area (Å²) in [6.45, 7) is 7.14. The number of aliphatic hydroxyl groups is 1. The number of nitrogens with one attached hydrogen (secondary N) is 1. The first kappa shape index (κ1) is 32.5. The topological polar surface area (TPSA) is 89.9 Å². The van der Waals surface area contributed by atoms with Crippen LogP contribution < -0.4 is 5.32 Å². The van der Waals surface area contributed by atoms with E-state index in [0.29, 0.717) is 30.1 Å². The number of unbranched alkanes of at least 4 members (excludes halogenated alkanes) is 4. The first-order valence-electron chi connectivity index (χ1n) is 16.9. The molecule has 2 aromatic carbocycles. The summed E-state index contributed by atoms with van der Waals surface area (Å²) in [7, 11) is 0. The third-order valence-corrected chi connectivity index (χ3v) is 11.0. The Bertz CT molecular complexity index is 1300. The van der Waals surface area contributed by atoms with Crippen LogP contribution in [-0.4, -0.2) is 52.3 Å². The van der Waals surface area contributed by atoms with E-state index in [-0.39, 0.29) is 40.7 Å². The quantitative estimate of drug-likeness (QED) is 0.217. The number of benzene rings is 2. The zero-order valence-electron chi connectivity index (χ0n) is 26.7. The van der Waals surface area contributed by atoms with Crippen molar-refractivity contribution in [2.24, 2.45) is 23.2 Å². The first-order chi connectivity index (χ1) is 21.1. The predicted molar refractivity (Wildman–Crippen MR) is 173 cm³/mol. The van der Waals surface area contributed by atoms with Crippen LogP contribution in [-0.2, 0) is 11.2 Å². The van der Waals surface area contributed by atoms with Gasteiger partial charge in [0, 0.05) is 37.2 Å². The highest BCUT2D eigenvalue weighted by molar-refractivity contribution is 5.95. The summed E-state index contributed by atoms with van der Waals surface area (Å²) in [5.74, 6) is 0.653. The van der Waals surface area contributed by atoms with Crippen molar-refractivity contribution in [2.75, 3.05) is 18.4 Å². The van der Waals surface area contributed by atoms with Crippen molar-refractivity contribution in [3.05, 3.63) is 59.2 Å². The molecule has 0 aliphatic heterocycles. The number of phenolic OH excluding ortho intramolecular Hbond substituents is 1. The fourth-order valence-electron chi connectivity index (χ4n) is 8.87. The Kier molecular flexibility index (Phi) is 10.3. The van der Waals surface area contributed by atoms with Crippen LogP contribution in [0.25, 0.3) is 0 Å². The molecule has 3 N–H and O–H groups in total. The summed E-state index contributed by atoms with van der Waals surface area (Å²) in [4.78, 5) is 26.9. The third kappa shape index (κ3) is 6.83. The van der Waals surface area contributed by atoms with E-state index >= 15 is 4.39 Å². The van der Waals surface area contributed by atoms with Crippen LogP contribution in [0, 0.1) is 23.2 Å². The van der Waals surface area contributed by atoms with Gasteiger partial charge in [-0.15, -0.1) is 0 Å². The molecule has 2 fully saturated rings. The Morgan fingerprint density at radius 1 is 1.02 bits per heavy atom. The SMILES string of the molecule is CCCCCCN(CCCCC1Cc2cc(O)ccc2C2C(F)C[C@]3(C)C(O)CCC3C12)C(=O)c1ccc(NC(C)=O)cc1. The summed E-state index contributed by atoms with van der Waals surface area (Å²) in [5, 5.41) is 23.9. The molecular weight excluding hydrogens is 555 g/mol. The standard InChI is InChI=1S/C37H51FN2O4/c1-4-5-6-8-19-40(36(44)25-11-13-28(14-12-25)39-24(2)41)20-9-7-10-26-21-27-22-29(42)15-16-30(27)35-32(38)23-37(3)31(34(26)35)17-18-33(37)43/h11-16,22,26,31-35,42-43H,4-10,17-21,23H2,1-3H3,(H,39,41)/t26?,31?,32?,33?,34?,35?,37-/m0/s1. The van der Waals surface area contributed by atoms with Gasteiger partial charge in [0.15, 0.2) is 0 Å². The van der Waals surface area contributed by atoms with Crippen molar-refractivity contribution in [2.45, 2.75) is 110 Å². The second-order valence-electron chi connectivity index (χ2n) is 14.0. The highest BCUT2D eigenvalue weighted by Crippen LogP contribution is 2.63. The van der Waals surface area contributed by atoms with Crippen LogP contribution in [0.15, 0.2) is 42.5 Å². The molecule has 7 atom stereocenters. The lowest BCUT2D eigenvalue weighted by Gasteiger charge is -2.54. The predicted octanol–water partition coefficient (Wildman–Crippen LogP) is 7.63. The molecule has 3 aliphatic rings. The minimum Gasteiger partial charge on any atom is -0.508 e. The molecule has 0 spiro atoms. The summed E-state index contributed by atoms with van der Waals surface area (Å²) in [6.07, 6.45) is 8.54. The normalized spacial score (nSPS) is 28.9. The highest BCUT2D eigenvalue weighted by atomic mass is 19.1. The largest absolute Gasteiger partial charge is 0.508 e. The fourth-order valence-corrected chi connectivity index (χ4v) is 8.87. The number of nitrogens with zero attached hydrogens (tertiary/aromatic N) is 1. The molecule has 0 bridgehead atoms. The van der Waals surface area contributed by atoms with Gasteiger partial charge in [0.1, 0.15) is 11.9 Å². The Labute approximate surface area is 262 Å². The minimum atomic E-state index is -1.01. The molecule has 7 heteroatoms. The van der Waals surface area contributed by atoms with Crippen molar-refractivity contribution in [3.8, 4) is 5.75 Å². The highest BCUT2D eigenvalue weighted by Gasteiger charge is 2.59. The number of carbonyl (C=O) groups is 2. The number of anilines is 1. The molecule has 2 saturated carbocycles. The molecule has 2 amide bonds. The monoisotopic (exact) mass is 606 g/mol. The van der Waals surface area contributed by atoms with E-state index in [9.17, 15) is 19.8 Å². The number of fused-ring (bicyclic) bond motifs is 5. The van der Waals surface area contributed by atoms with E-state index in [1.165, 1.54) is 6.92 Å². The molecule has 5 rings (SSSR count). The zero-order chi connectivity index (χ0) is 31.4. The van der Waals surface area contributed by atoms with Crippen LogP contribution >= 0.6 is 0 Å². The molecule has 0 aromatic heterocycles. The Balaban J connectivity index is 1.28. The Morgan fingerprint density at radius 3 is 2.45 bits per heavy atom. The number of alkyl halides is 1. The van der Waals surface area contributed by atoms with Crippen LogP contribution in [0.5, 0.6) is 5.75 Å². The molecule has 6 unspecified atom stereocenters. The van der Waals surface area contributed by atoms with Gasteiger partial charge in [-0.1, -0.05) is 45.6 Å². The van der Waals surface area contributed by atoms with Gasteiger partial charge in [-0.05, 0) is 116 Å². The van der Waals surface area contributed by atoms with Gasteiger partial charge in [0.25, 0.3) is 5.91 Å². The third-order valence-electron chi connectivity index (χ3n) is 11.0. The van der Waals surface area contributed by atoms with Crippen molar-refractivity contribution in [1.29, 1.82) is 0 Å². The van der Waals surface area contributed by atoms with Crippen molar-refractivity contribution >= 4 is 17.5 Å². The number of aromatic hydroxyl groups is 1. The van der Waals surface area contributed by atoms with Crippen LogP contribution in [0.1, 0.15) is 112 Å². The van der Waals surface area contributed by atoms with E-state index < -0.39 is 12.3 Å². The van der Waals surface area contributed by atoms with Crippen LogP contribution in [0.2, 0.25) is 0 Å². The molecule has 6 nitrogen and oxygen atoms in total. The summed E-state index contributed by atoms with van der Waals surface area (Å²) < 4.78 is 16.1. The van der Waals surface area contributed by atoms with E-state index in [4.69, 9.17) is 0 Å². The van der Waals surface area contributed by atoms with E-state index in [1.54, 1.807) is 30.3 Å². The van der Waals surface area contributed by atoms with Crippen molar-refractivity contribution < 1.29 is 24.2 Å². The average molecular weight is 607 g/mol. The number of carbonyl (C=O) groups excluding carboxylic acids is 2. The number of hydrogen-bond acceptors (Lipinski definition) is 4. The van der Waals surface area contributed by atoms with Gasteiger partial charge in [-0.3, -0.25) is 9.59 Å². The van der Waals surface area contributed by atoms with E-state index in [2.05, 4.69) is 19.2 Å². The fraction of sp³-hybridized carbons (Fsp3) is 0.622. The Morgan fingerprint density at radius 2 is 1.75 bits per heavy atom. The molecular formula is C37H51FN2O4. The molecule has 240 valence electrons. The average Bonchev–Trinajstić information content (AvgIpc) is 3.28. The van der Waals surface area contributed by atoms with Gasteiger partial charge in [-0.2, -0.15) is 0 Å². The van der Waals surface area contributed by atoms with Gasteiger partial charge in [0.05, 0.1) is 6.10 Å². The Hall–Kier alpha value is -2.93. The number of hydrogen-bond donors (Lipinski definition) is 3. The number of aliphatic hydroxyl groups excluding tert-OH is 1. The second-order valence-corrected chi connectivity index (χ2v) is 14.0. The maximum atomic E-state index is 16.1. The number of phenols is 1. The molecule has 44 heavy (non-hydrogen) atoms. The van der Waals surface area contributed by atoms with E-state index in [1.807, 2.05) is 17.0 Å². The first-order valence-corrected chi connectivity index (χ1v) is 16.9. The molecule has 0 saturated heterocycles. The van der Waals surface area contributed by atoms with Crippen molar-refractivity contribution in [1.82, 2.24) is 4.90 Å². The van der Waals surface area contributed by atoms with Crippen LogP contribution in [0.4, 0.5) is 10.1 Å². The maximum absolute atomic E-state index is 16.1. The van der Waals surface area contributed by atoms with Gasteiger partial charge < -0.3 is 20.4 Å². The lowest BCUT2D eigenvalue weighted by atomic mass is 9.51. The second kappa shape index (κ2) is 14.0. The molecule has 2 aromatic rings. The minimum absolute atomic E-state index is 0.0151. The van der Waals surface area contributed by atoms with E-state index in [0.717, 1.165) is 81.9 Å². The maximum Gasteiger partial charge on any atom is 0.253 e. The number of rotatable bonds is 12. The van der Waals surface area contributed by atoms with Crippen LogP contribution in [0.3, 0.4) is 0 Å². The molecule has 0 radical (unpaired) electrons. The van der Waals surface area contributed by atoms with Gasteiger partial charge in [0.2, 0.25) is 5.91 Å². The zero-order valence-corrected chi connectivity index (χ0v) is 26.7. The van der Waals surface area contributed by atoms with Gasteiger partial charge >= 0.3 is 0 Å². The molecule has 0 heterocycles. The lowest BCUT2D eigenvalue weighted by molar-refractivity contribution is -0.114.